The van der Waals surface area contributed by atoms with E-state index < -0.39 is 10.0 Å². The lowest BCUT2D eigenvalue weighted by Crippen LogP contribution is -2.42. The monoisotopic (exact) mass is 341 g/mol. The number of rotatable bonds is 5. The molecule has 0 unspecified atom stereocenters. The highest BCUT2D eigenvalue weighted by Gasteiger charge is 2.32. The number of nitrogens with zero attached hydrogens (tertiary/aromatic N) is 1. The van der Waals surface area contributed by atoms with Crippen LogP contribution in [0.4, 0.5) is 0 Å². The minimum Gasteiger partial charge on any atom is -0.206 e. The Morgan fingerprint density at radius 3 is 2.47 bits per heavy atom. The molecule has 0 radical (unpaired) electrons. The zero-order chi connectivity index (χ0) is 13.9. The maximum absolute atomic E-state index is 12.7. The van der Waals surface area contributed by atoms with E-state index in [0.29, 0.717) is 21.0 Å². The molecule has 1 aliphatic rings. The summed E-state index contributed by atoms with van der Waals surface area (Å²) in [6.45, 7) is 0.365. The molecule has 1 aromatic rings. The highest BCUT2D eigenvalue weighted by Crippen LogP contribution is 2.32. The summed E-state index contributed by atoms with van der Waals surface area (Å²) in [6, 6.07) is 3.28. The van der Waals surface area contributed by atoms with Gasteiger partial charge < -0.3 is 0 Å². The van der Waals surface area contributed by atoms with Crippen molar-refractivity contribution in [1.82, 2.24) is 4.31 Å². The molecule has 3 nitrogen and oxygen atoms in total. The van der Waals surface area contributed by atoms with Gasteiger partial charge in [0.25, 0.3) is 10.0 Å². The van der Waals surface area contributed by atoms with E-state index in [9.17, 15) is 8.42 Å². The first-order valence-electron chi connectivity index (χ1n) is 6.39. The molecule has 1 aliphatic carbocycles. The van der Waals surface area contributed by atoms with Crippen LogP contribution in [-0.2, 0) is 10.0 Å². The van der Waals surface area contributed by atoms with E-state index in [1.807, 2.05) is 0 Å². The predicted molar refractivity (Wildman–Crippen MR) is 80.8 cm³/mol. The molecular formula is C12H17Cl2NO2S2. The molecule has 0 atom stereocenters. The number of sulfonamides is 1. The average molecular weight is 342 g/mol. The second-order valence-electron chi connectivity index (χ2n) is 4.66. The van der Waals surface area contributed by atoms with Crippen LogP contribution < -0.4 is 0 Å². The lowest BCUT2D eigenvalue weighted by molar-refractivity contribution is 0.262. The van der Waals surface area contributed by atoms with Crippen molar-refractivity contribution in [3.63, 3.8) is 0 Å². The second kappa shape index (κ2) is 6.76. The fourth-order valence-electron chi connectivity index (χ4n) is 2.50. The van der Waals surface area contributed by atoms with Crippen molar-refractivity contribution in [3.05, 3.63) is 16.5 Å². The summed E-state index contributed by atoms with van der Waals surface area (Å²) in [5, 5.41) is 0. The van der Waals surface area contributed by atoms with E-state index in [2.05, 4.69) is 0 Å². The molecule has 0 N–H and O–H groups in total. The molecule has 0 spiro atoms. The summed E-state index contributed by atoms with van der Waals surface area (Å²) in [7, 11) is -3.46. The van der Waals surface area contributed by atoms with Crippen LogP contribution in [-0.4, -0.2) is 31.2 Å². The third-order valence-corrected chi connectivity index (χ3v) is 7.22. The van der Waals surface area contributed by atoms with Gasteiger partial charge in [-0.1, -0.05) is 30.9 Å². The van der Waals surface area contributed by atoms with Gasteiger partial charge >= 0.3 is 0 Å². The molecule has 7 heteroatoms. The Labute approximate surface area is 128 Å². The fraction of sp³-hybridized carbons (Fsp3) is 0.667. The maximum Gasteiger partial charge on any atom is 0.252 e. The molecule has 2 rings (SSSR count). The Bertz CT molecular complexity index is 510. The number of alkyl halides is 1. The van der Waals surface area contributed by atoms with Gasteiger partial charge in [0.05, 0.1) is 4.34 Å². The minimum atomic E-state index is -3.46. The summed E-state index contributed by atoms with van der Waals surface area (Å²) in [6.07, 6.45) is 5.22. The van der Waals surface area contributed by atoms with Crippen LogP contribution in [0.25, 0.3) is 0 Å². The van der Waals surface area contributed by atoms with Gasteiger partial charge in [0.1, 0.15) is 4.21 Å². The van der Waals surface area contributed by atoms with Crippen LogP contribution >= 0.6 is 34.5 Å². The van der Waals surface area contributed by atoms with Crippen LogP contribution in [0.15, 0.2) is 16.3 Å². The molecule has 1 fully saturated rings. The summed E-state index contributed by atoms with van der Waals surface area (Å²) in [4.78, 5) is 0. The number of thiophene rings is 1. The molecule has 0 aliphatic heterocycles. The SMILES string of the molecule is O=S(=O)(c1ccc(Cl)s1)N(CCCl)C1CCCCC1. The van der Waals surface area contributed by atoms with Crippen molar-refractivity contribution in [1.29, 1.82) is 0 Å². The van der Waals surface area contributed by atoms with E-state index >= 15 is 0 Å². The third-order valence-electron chi connectivity index (χ3n) is 3.40. The standard InChI is InChI=1S/C12H17Cl2NO2S2/c13-8-9-15(10-4-2-1-3-5-10)19(16,17)12-7-6-11(14)18-12/h6-7,10H,1-5,8-9H2. The lowest BCUT2D eigenvalue weighted by atomic mass is 9.95. The van der Waals surface area contributed by atoms with E-state index in [1.54, 1.807) is 16.4 Å². The summed E-state index contributed by atoms with van der Waals surface area (Å²) in [5.74, 6) is 0.314. The average Bonchev–Trinajstić information content (AvgIpc) is 2.84. The summed E-state index contributed by atoms with van der Waals surface area (Å²) < 4.78 is 27.7. The quantitative estimate of drug-likeness (QED) is 0.760. The van der Waals surface area contributed by atoms with E-state index in [0.717, 1.165) is 37.0 Å². The second-order valence-corrected chi connectivity index (χ2v) is 8.87. The van der Waals surface area contributed by atoms with Crippen LogP contribution in [0, 0.1) is 0 Å². The maximum atomic E-state index is 12.7. The summed E-state index contributed by atoms with van der Waals surface area (Å²) >= 11 is 12.7. The zero-order valence-electron chi connectivity index (χ0n) is 10.5. The Morgan fingerprint density at radius 1 is 1.26 bits per heavy atom. The van der Waals surface area contributed by atoms with Crippen LogP contribution in [0.2, 0.25) is 4.34 Å². The molecule has 0 saturated heterocycles. The molecular weight excluding hydrogens is 325 g/mol. The van der Waals surface area contributed by atoms with Crippen molar-refractivity contribution in [3.8, 4) is 0 Å². The van der Waals surface area contributed by atoms with Gasteiger partial charge in [0.2, 0.25) is 0 Å². The van der Waals surface area contributed by atoms with Crippen molar-refractivity contribution < 1.29 is 8.42 Å². The van der Waals surface area contributed by atoms with Gasteiger partial charge in [-0.2, -0.15) is 4.31 Å². The van der Waals surface area contributed by atoms with Crippen molar-refractivity contribution in [2.24, 2.45) is 0 Å². The first-order chi connectivity index (χ1) is 9.05. The molecule has 19 heavy (non-hydrogen) atoms. The number of hydrogen-bond donors (Lipinski definition) is 0. The van der Waals surface area contributed by atoms with Crippen molar-refractivity contribution >= 4 is 44.6 Å². The highest BCUT2D eigenvalue weighted by molar-refractivity contribution is 7.91. The van der Waals surface area contributed by atoms with Gasteiger partial charge in [0.15, 0.2) is 0 Å². The third kappa shape index (κ3) is 3.64. The van der Waals surface area contributed by atoms with Crippen molar-refractivity contribution in [2.75, 3.05) is 12.4 Å². The van der Waals surface area contributed by atoms with Crippen molar-refractivity contribution in [2.45, 2.75) is 42.4 Å². The van der Waals surface area contributed by atoms with Crippen LogP contribution in [0.5, 0.6) is 0 Å². The molecule has 0 aromatic carbocycles. The minimum absolute atomic E-state index is 0.0818. The zero-order valence-corrected chi connectivity index (χ0v) is 13.7. The summed E-state index contributed by atoms with van der Waals surface area (Å²) in [5.41, 5.74) is 0. The Kier molecular flexibility index (Phi) is 5.55. The van der Waals surface area contributed by atoms with Crippen LogP contribution in [0.3, 0.4) is 0 Å². The lowest BCUT2D eigenvalue weighted by Gasteiger charge is -2.32. The topological polar surface area (TPSA) is 37.4 Å². The molecule has 0 bridgehead atoms. The van der Waals surface area contributed by atoms with Crippen LogP contribution in [0.1, 0.15) is 32.1 Å². The van der Waals surface area contributed by atoms with Gasteiger partial charge in [-0.25, -0.2) is 8.42 Å². The number of hydrogen-bond acceptors (Lipinski definition) is 3. The first-order valence-corrected chi connectivity index (χ1v) is 9.56. The predicted octanol–water partition coefficient (Wildman–Crippen LogP) is 3.96. The van der Waals surface area contributed by atoms with Gasteiger partial charge in [-0.3, -0.25) is 0 Å². The highest BCUT2D eigenvalue weighted by atomic mass is 35.5. The fourth-order valence-corrected chi connectivity index (χ4v) is 6.08. The van der Waals surface area contributed by atoms with Gasteiger partial charge in [0, 0.05) is 18.5 Å². The van der Waals surface area contributed by atoms with E-state index in [-0.39, 0.29) is 6.04 Å². The molecule has 108 valence electrons. The Hall–Kier alpha value is 0.190. The van der Waals surface area contributed by atoms with Gasteiger partial charge in [-0.05, 0) is 25.0 Å². The smallest absolute Gasteiger partial charge is 0.206 e. The Morgan fingerprint density at radius 2 is 1.95 bits per heavy atom. The molecule has 1 heterocycles. The molecule has 0 amide bonds. The normalized spacial score (nSPS) is 18.1. The largest absolute Gasteiger partial charge is 0.252 e. The van der Waals surface area contributed by atoms with E-state index in [4.69, 9.17) is 23.2 Å². The first kappa shape index (κ1) is 15.6. The Balaban J connectivity index is 2.26. The van der Waals surface area contributed by atoms with Gasteiger partial charge in [-0.15, -0.1) is 22.9 Å². The number of halogens is 2. The van der Waals surface area contributed by atoms with E-state index in [1.165, 1.54) is 6.42 Å². The molecule has 1 aromatic heterocycles. The molecule has 1 saturated carbocycles.